The molecule has 0 saturated heterocycles. The number of para-hydroxylation sites is 1. The molecule has 0 radical (unpaired) electrons. The summed E-state index contributed by atoms with van der Waals surface area (Å²) in [4.78, 5) is 12.6. The van der Waals surface area contributed by atoms with Crippen molar-refractivity contribution in [2.24, 2.45) is 12.1 Å². The third-order valence-electron chi connectivity index (χ3n) is 3.49. The van der Waals surface area contributed by atoms with E-state index in [1.807, 2.05) is 42.8 Å². The Hall–Kier alpha value is -2.31. The van der Waals surface area contributed by atoms with Gasteiger partial charge in [-0.05, 0) is 42.8 Å². The Balaban J connectivity index is 1.67. The summed E-state index contributed by atoms with van der Waals surface area (Å²) < 4.78 is 8.54. The molecule has 5 nitrogen and oxygen atoms in total. The zero-order valence-corrected chi connectivity index (χ0v) is 14.8. The standard InChI is InChI=1S/C17H16ClN3O2S/c1-11-9-12(18)7-8-14(11)23-10-16(22)19-20-17-21(2)13-5-3-4-6-15(13)24-17/h3-9H,10H2,1-2H3,(H,19,22)/b20-17+. The molecule has 0 aliphatic heterocycles. The van der Waals surface area contributed by atoms with Crippen LogP contribution in [0.5, 0.6) is 5.75 Å². The summed E-state index contributed by atoms with van der Waals surface area (Å²) in [5.74, 6) is 0.309. The maximum absolute atomic E-state index is 11.9. The van der Waals surface area contributed by atoms with Gasteiger partial charge in [0.05, 0.1) is 10.2 Å². The first-order valence-corrected chi connectivity index (χ1v) is 8.50. The highest BCUT2D eigenvalue weighted by Crippen LogP contribution is 2.21. The zero-order chi connectivity index (χ0) is 17.1. The average Bonchev–Trinajstić information content (AvgIpc) is 2.89. The number of hydrogen-bond donors (Lipinski definition) is 1. The molecule has 0 spiro atoms. The highest BCUT2D eigenvalue weighted by Gasteiger charge is 2.06. The number of rotatable bonds is 4. The van der Waals surface area contributed by atoms with Crippen LogP contribution in [0.25, 0.3) is 10.2 Å². The Morgan fingerprint density at radius 1 is 1.33 bits per heavy atom. The fraction of sp³-hybridized carbons (Fsp3) is 0.176. The molecule has 1 aromatic heterocycles. The molecule has 2 aromatic carbocycles. The van der Waals surface area contributed by atoms with Crippen molar-refractivity contribution < 1.29 is 9.53 Å². The normalized spacial score (nSPS) is 11.7. The predicted molar refractivity (Wildman–Crippen MR) is 96.2 cm³/mol. The molecule has 0 fully saturated rings. The van der Waals surface area contributed by atoms with Crippen LogP contribution >= 0.6 is 22.9 Å². The van der Waals surface area contributed by atoms with Gasteiger partial charge in [-0.2, -0.15) is 0 Å². The number of carbonyl (C=O) groups excluding carboxylic acids is 1. The Bertz CT molecular complexity index is 962. The molecule has 1 N–H and O–H groups in total. The quantitative estimate of drug-likeness (QED) is 0.725. The summed E-state index contributed by atoms with van der Waals surface area (Å²) in [5, 5.41) is 4.81. The van der Waals surface area contributed by atoms with E-state index in [1.165, 1.54) is 11.3 Å². The van der Waals surface area contributed by atoms with E-state index in [9.17, 15) is 4.79 Å². The molecule has 0 bridgehead atoms. The monoisotopic (exact) mass is 361 g/mol. The van der Waals surface area contributed by atoms with Crippen molar-refractivity contribution >= 4 is 39.1 Å². The van der Waals surface area contributed by atoms with Gasteiger partial charge < -0.3 is 9.30 Å². The van der Waals surface area contributed by atoms with Crippen LogP contribution in [0.4, 0.5) is 0 Å². The number of carbonyl (C=O) groups is 1. The summed E-state index contributed by atoms with van der Waals surface area (Å²) in [5.41, 5.74) is 4.48. The molecule has 24 heavy (non-hydrogen) atoms. The maximum atomic E-state index is 11.9. The molecule has 7 heteroatoms. The van der Waals surface area contributed by atoms with Gasteiger partial charge in [0, 0.05) is 12.1 Å². The van der Waals surface area contributed by atoms with Gasteiger partial charge in [0.2, 0.25) is 4.80 Å². The SMILES string of the molecule is Cc1cc(Cl)ccc1OCC(=O)N/N=c1/sc2ccccc2n1C. The largest absolute Gasteiger partial charge is 0.483 e. The highest BCUT2D eigenvalue weighted by atomic mass is 35.5. The molecule has 0 aliphatic carbocycles. The lowest BCUT2D eigenvalue weighted by Gasteiger charge is -2.08. The number of amides is 1. The third-order valence-corrected chi connectivity index (χ3v) is 4.83. The van der Waals surface area contributed by atoms with E-state index in [-0.39, 0.29) is 12.5 Å². The minimum Gasteiger partial charge on any atom is -0.483 e. The van der Waals surface area contributed by atoms with Crippen LogP contribution in [0.15, 0.2) is 47.6 Å². The van der Waals surface area contributed by atoms with Gasteiger partial charge in [0.15, 0.2) is 6.61 Å². The Labute approximate surface area is 148 Å². The van der Waals surface area contributed by atoms with Crippen molar-refractivity contribution in [1.82, 2.24) is 9.99 Å². The zero-order valence-electron chi connectivity index (χ0n) is 13.2. The fourth-order valence-corrected chi connectivity index (χ4v) is 3.45. The number of thiazole rings is 1. The van der Waals surface area contributed by atoms with Crippen LogP contribution in [0.1, 0.15) is 5.56 Å². The lowest BCUT2D eigenvalue weighted by atomic mass is 10.2. The number of aryl methyl sites for hydroxylation is 2. The van der Waals surface area contributed by atoms with Crippen LogP contribution in [-0.4, -0.2) is 17.1 Å². The molecule has 1 heterocycles. The Morgan fingerprint density at radius 2 is 2.12 bits per heavy atom. The lowest BCUT2D eigenvalue weighted by molar-refractivity contribution is -0.123. The summed E-state index contributed by atoms with van der Waals surface area (Å²) in [6.45, 7) is 1.77. The minimum atomic E-state index is -0.318. The van der Waals surface area contributed by atoms with E-state index in [4.69, 9.17) is 16.3 Å². The van der Waals surface area contributed by atoms with Gasteiger partial charge >= 0.3 is 0 Å². The van der Waals surface area contributed by atoms with Gasteiger partial charge in [0.1, 0.15) is 5.75 Å². The molecule has 124 valence electrons. The topological polar surface area (TPSA) is 55.6 Å². The van der Waals surface area contributed by atoms with Crippen LogP contribution in [-0.2, 0) is 11.8 Å². The van der Waals surface area contributed by atoms with E-state index in [2.05, 4.69) is 10.5 Å². The van der Waals surface area contributed by atoms with Crippen molar-refractivity contribution in [2.75, 3.05) is 6.61 Å². The molecular formula is C17H16ClN3O2S. The lowest BCUT2D eigenvalue weighted by Crippen LogP contribution is -2.27. The van der Waals surface area contributed by atoms with Crippen LogP contribution in [0.3, 0.4) is 0 Å². The first-order valence-electron chi connectivity index (χ1n) is 7.30. The van der Waals surface area contributed by atoms with Gasteiger partial charge in [-0.25, -0.2) is 5.43 Å². The number of nitrogens with one attached hydrogen (secondary N) is 1. The highest BCUT2D eigenvalue weighted by molar-refractivity contribution is 7.16. The second-order valence-electron chi connectivity index (χ2n) is 5.26. The van der Waals surface area contributed by atoms with E-state index in [0.717, 1.165) is 15.8 Å². The number of benzene rings is 2. The number of halogens is 1. The number of nitrogens with zero attached hydrogens (tertiary/aromatic N) is 2. The number of aromatic nitrogens is 1. The predicted octanol–water partition coefficient (Wildman–Crippen LogP) is 3.21. The smallest absolute Gasteiger partial charge is 0.278 e. The number of ether oxygens (including phenoxy) is 1. The van der Waals surface area contributed by atoms with Gasteiger partial charge in [0.25, 0.3) is 5.91 Å². The second-order valence-corrected chi connectivity index (χ2v) is 6.70. The van der Waals surface area contributed by atoms with Crippen LogP contribution in [0, 0.1) is 6.92 Å². The average molecular weight is 362 g/mol. The second kappa shape index (κ2) is 7.07. The molecule has 1 amide bonds. The molecular weight excluding hydrogens is 346 g/mol. The third kappa shape index (κ3) is 3.60. The van der Waals surface area contributed by atoms with E-state index in [1.54, 1.807) is 18.2 Å². The van der Waals surface area contributed by atoms with E-state index in [0.29, 0.717) is 15.6 Å². The van der Waals surface area contributed by atoms with Gasteiger partial charge in [-0.3, -0.25) is 4.79 Å². The summed E-state index contributed by atoms with van der Waals surface area (Å²) in [6.07, 6.45) is 0. The number of fused-ring (bicyclic) bond motifs is 1. The van der Waals surface area contributed by atoms with Crippen molar-refractivity contribution in [1.29, 1.82) is 0 Å². The first kappa shape index (κ1) is 16.5. The van der Waals surface area contributed by atoms with Crippen LogP contribution in [0.2, 0.25) is 5.02 Å². The first-order chi connectivity index (χ1) is 11.5. The molecule has 3 aromatic rings. The van der Waals surface area contributed by atoms with Crippen LogP contribution < -0.4 is 15.0 Å². The fourth-order valence-electron chi connectivity index (χ4n) is 2.25. The van der Waals surface area contributed by atoms with E-state index < -0.39 is 0 Å². The van der Waals surface area contributed by atoms with Gasteiger partial charge in [-0.15, -0.1) is 5.10 Å². The van der Waals surface area contributed by atoms with E-state index >= 15 is 0 Å². The molecule has 0 saturated carbocycles. The van der Waals surface area contributed by atoms with Crippen molar-refractivity contribution in [2.45, 2.75) is 6.92 Å². The summed E-state index contributed by atoms with van der Waals surface area (Å²) in [7, 11) is 1.91. The maximum Gasteiger partial charge on any atom is 0.278 e. The molecule has 0 aliphatic rings. The molecule has 3 rings (SSSR count). The molecule has 0 unspecified atom stereocenters. The van der Waals surface area contributed by atoms with Crippen molar-refractivity contribution in [3.63, 3.8) is 0 Å². The van der Waals surface area contributed by atoms with Crippen molar-refractivity contribution in [3.05, 3.63) is 57.9 Å². The Morgan fingerprint density at radius 3 is 2.88 bits per heavy atom. The minimum absolute atomic E-state index is 0.111. The molecule has 0 atom stereocenters. The number of hydrogen-bond acceptors (Lipinski definition) is 4. The Kier molecular flexibility index (Phi) is 4.87. The summed E-state index contributed by atoms with van der Waals surface area (Å²) >= 11 is 7.40. The van der Waals surface area contributed by atoms with Gasteiger partial charge in [-0.1, -0.05) is 35.1 Å². The summed E-state index contributed by atoms with van der Waals surface area (Å²) in [6, 6.07) is 13.2. The van der Waals surface area contributed by atoms with Crippen molar-refractivity contribution in [3.8, 4) is 5.75 Å².